The number of carbonyl (C=O) groups excluding carboxylic acids is 1. The van der Waals surface area contributed by atoms with Crippen LogP contribution in [0, 0.1) is 17.2 Å². The van der Waals surface area contributed by atoms with E-state index in [0.29, 0.717) is 41.4 Å². The number of hydrogen-bond donors (Lipinski definition) is 2. The van der Waals surface area contributed by atoms with E-state index < -0.39 is 0 Å². The van der Waals surface area contributed by atoms with E-state index in [0.717, 1.165) is 19.0 Å². The number of carbonyl (C=O) groups is 1. The van der Waals surface area contributed by atoms with Gasteiger partial charge in [-0.2, -0.15) is 0 Å². The van der Waals surface area contributed by atoms with Crippen LogP contribution in [0.2, 0.25) is 0 Å². The fourth-order valence-corrected chi connectivity index (χ4v) is 4.48. The zero-order valence-electron chi connectivity index (χ0n) is 13.4. The molecule has 3 saturated heterocycles. The lowest BCUT2D eigenvalue weighted by atomic mass is 9.79. The molecule has 4 heterocycles. The summed E-state index contributed by atoms with van der Waals surface area (Å²) in [5.41, 5.74) is 8.31. The summed E-state index contributed by atoms with van der Waals surface area (Å²) in [5, 5.41) is 8.27. The van der Waals surface area contributed by atoms with Crippen LogP contribution in [0.25, 0.3) is 0 Å². The van der Waals surface area contributed by atoms with Crippen molar-refractivity contribution in [2.24, 2.45) is 11.8 Å². The van der Waals surface area contributed by atoms with E-state index in [1.807, 2.05) is 17.0 Å². The molecule has 0 aromatic heterocycles. The van der Waals surface area contributed by atoms with E-state index in [1.54, 1.807) is 6.07 Å². The van der Waals surface area contributed by atoms with Gasteiger partial charge in [0, 0.05) is 43.0 Å². The first-order valence-electron chi connectivity index (χ1n) is 8.61. The Morgan fingerprint density at radius 2 is 2.00 bits per heavy atom. The Bertz CT molecular complexity index is 648. The minimum Gasteiger partial charge on any atom is -0.398 e. The van der Waals surface area contributed by atoms with E-state index in [9.17, 15) is 4.79 Å². The number of hydrogen-bond acceptors (Lipinski definition) is 4. The van der Waals surface area contributed by atoms with Crippen LogP contribution in [-0.2, 0) is 0 Å². The maximum atomic E-state index is 13.0. The zero-order chi connectivity index (χ0) is 16.0. The highest BCUT2D eigenvalue weighted by Crippen LogP contribution is 2.33. The second-order valence-electron chi connectivity index (χ2n) is 7.15. The molecular weight excluding hydrogens is 288 g/mol. The molecule has 5 heteroatoms. The summed E-state index contributed by atoms with van der Waals surface area (Å²) < 4.78 is 0. The maximum absolute atomic E-state index is 13.0. The minimum atomic E-state index is 0.0472. The van der Waals surface area contributed by atoms with E-state index in [-0.39, 0.29) is 5.91 Å². The Morgan fingerprint density at radius 3 is 2.70 bits per heavy atom. The summed E-state index contributed by atoms with van der Waals surface area (Å²) in [7, 11) is 0. The lowest BCUT2D eigenvalue weighted by molar-refractivity contribution is 0.0283. The molecule has 1 amide bonds. The quantitative estimate of drug-likeness (QED) is 0.818. The normalized spacial score (nSPS) is 30.3. The van der Waals surface area contributed by atoms with Crippen LogP contribution < -0.4 is 5.73 Å². The third-order valence-electron chi connectivity index (χ3n) is 5.79. The van der Waals surface area contributed by atoms with E-state index >= 15 is 0 Å². The van der Waals surface area contributed by atoms with Gasteiger partial charge in [-0.15, -0.1) is 0 Å². The lowest BCUT2D eigenvalue weighted by Gasteiger charge is -2.46. The summed E-state index contributed by atoms with van der Waals surface area (Å²) in [5.74, 6) is 1.39. The van der Waals surface area contributed by atoms with Crippen LogP contribution in [-0.4, -0.2) is 54.1 Å². The van der Waals surface area contributed by atoms with Gasteiger partial charge in [-0.1, -0.05) is 6.07 Å². The fraction of sp³-hybridized carbons (Fsp3) is 0.556. The summed E-state index contributed by atoms with van der Waals surface area (Å²) in [6.07, 6.45) is 3.13. The molecule has 5 nitrogen and oxygen atoms in total. The van der Waals surface area contributed by atoms with E-state index in [2.05, 4.69) is 4.90 Å². The van der Waals surface area contributed by atoms with Crippen molar-refractivity contribution in [3.05, 3.63) is 29.3 Å². The van der Waals surface area contributed by atoms with E-state index in [1.165, 1.54) is 25.9 Å². The number of amides is 1. The van der Waals surface area contributed by atoms with Crippen molar-refractivity contribution in [2.75, 3.05) is 38.5 Å². The Kier molecular flexibility index (Phi) is 3.60. The van der Waals surface area contributed by atoms with Crippen molar-refractivity contribution in [1.82, 2.24) is 9.80 Å². The average Bonchev–Trinajstić information content (AvgIpc) is 2.69. The van der Waals surface area contributed by atoms with Gasteiger partial charge in [0.15, 0.2) is 0 Å². The number of anilines is 1. The summed E-state index contributed by atoms with van der Waals surface area (Å²) in [6, 6.07) is 5.41. The number of piperidine rings is 3. The predicted molar refractivity (Wildman–Crippen MR) is 90.9 cm³/mol. The van der Waals surface area contributed by atoms with Gasteiger partial charge in [-0.25, -0.2) is 0 Å². The molecule has 4 aliphatic heterocycles. The molecule has 3 fully saturated rings. The molecular formula is C18H24N4O. The van der Waals surface area contributed by atoms with Crippen LogP contribution in [0.1, 0.15) is 35.2 Å². The molecule has 1 aromatic rings. The van der Waals surface area contributed by atoms with Crippen LogP contribution in [0.5, 0.6) is 0 Å². The molecule has 0 saturated carbocycles. The summed E-state index contributed by atoms with van der Waals surface area (Å²) >= 11 is 0. The maximum Gasteiger partial charge on any atom is 0.254 e. The van der Waals surface area contributed by atoms with Crippen LogP contribution >= 0.6 is 0 Å². The Labute approximate surface area is 136 Å². The minimum absolute atomic E-state index is 0.0472. The van der Waals surface area contributed by atoms with Crippen LogP contribution in [0.4, 0.5) is 5.69 Å². The second kappa shape index (κ2) is 5.64. The topological polar surface area (TPSA) is 73.4 Å². The van der Waals surface area contributed by atoms with Gasteiger partial charge in [0.25, 0.3) is 5.91 Å². The van der Waals surface area contributed by atoms with E-state index in [4.69, 9.17) is 11.1 Å². The first kappa shape index (κ1) is 14.7. The van der Waals surface area contributed by atoms with Crippen molar-refractivity contribution >= 4 is 17.3 Å². The smallest absolute Gasteiger partial charge is 0.254 e. The molecule has 2 bridgehead atoms. The second-order valence-corrected chi connectivity index (χ2v) is 7.15. The van der Waals surface area contributed by atoms with Gasteiger partial charge in [0.2, 0.25) is 0 Å². The highest BCUT2D eigenvalue weighted by atomic mass is 16.2. The lowest BCUT2D eigenvalue weighted by Crippen LogP contribution is -2.51. The van der Waals surface area contributed by atoms with Gasteiger partial charge in [0.1, 0.15) is 0 Å². The molecule has 0 radical (unpaired) electrons. The van der Waals surface area contributed by atoms with Crippen molar-refractivity contribution in [2.45, 2.75) is 19.3 Å². The van der Waals surface area contributed by atoms with Gasteiger partial charge in [0.05, 0.1) is 5.56 Å². The number of rotatable bonds is 2. The number of nitrogen functional groups attached to an aromatic ring is 1. The largest absolute Gasteiger partial charge is 0.398 e. The third kappa shape index (κ3) is 2.53. The molecule has 122 valence electrons. The monoisotopic (exact) mass is 312 g/mol. The van der Waals surface area contributed by atoms with Crippen molar-refractivity contribution < 1.29 is 4.79 Å². The first-order valence-corrected chi connectivity index (χ1v) is 8.61. The Balaban J connectivity index is 1.58. The Hall–Kier alpha value is -1.88. The SMILES string of the molecule is N=C1CCN(CC2CN3CCC2CC3)C(=O)c2cccc(N)c21. The molecule has 3 N–H and O–H groups in total. The van der Waals surface area contributed by atoms with Crippen molar-refractivity contribution in [3.8, 4) is 0 Å². The number of nitrogens with one attached hydrogen (secondary N) is 1. The summed E-state index contributed by atoms with van der Waals surface area (Å²) in [6.45, 7) is 5.02. The molecule has 1 unspecified atom stereocenters. The average molecular weight is 312 g/mol. The molecule has 23 heavy (non-hydrogen) atoms. The highest BCUT2D eigenvalue weighted by Gasteiger charge is 2.36. The molecule has 1 atom stereocenters. The van der Waals surface area contributed by atoms with Gasteiger partial charge in [-0.3, -0.25) is 4.79 Å². The number of benzene rings is 1. The standard InChI is InChI=1S/C18H24N4O/c19-15-3-1-2-14-17(15)16(20)6-9-22(18(14)23)11-13-10-21-7-4-12(13)5-8-21/h1-3,12-13,20H,4-11,19H2. The highest BCUT2D eigenvalue weighted by molar-refractivity contribution is 6.13. The number of nitrogens with zero attached hydrogens (tertiary/aromatic N) is 2. The summed E-state index contributed by atoms with van der Waals surface area (Å²) in [4.78, 5) is 17.5. The zero-order valence-corrected chi connectivity index (χ0v) is 13.4. The molecule has 0 aliphatic carbocycles. The van der Waals surface area contributed by atoms with Crippen molar-refractivity contribution in [1.29, 1.82) is 5.41 Å². The Morgan fingerprint density at radius 1 is 1.22 bits per heavy atom. The molecule has 5 rings (SSSR count). The molecule has 4 aliphatic rings. The third-order valence-corrected chi connectivity index (χ3v) is 5.79. The van der Waals surface area contributed by atoms with Crippen LogP contribution in [0.3, 0.4) is 0 Å². The van der Waals surface area contributed by atoms with Crippen molar-refractivity contribution in [3.63, 3.8) is 0 Å². The molecule has 1 aromatic carbocycles. The van der Waals surface area contributed by atoms with Gasteiger partial charge in [-0.05, 0) is 49.9 Å². The number of nitrogens with two attached hydrogens (primary N) is 1. The van der Waals surface area contributed by atoms with Gasteiger partial charge >= 0.3 is 0 Å². The first-order chi connectivity index (χ1) is 11.1. The molecule has 0 spiro atoms. The fourth-order valence-electron chi connectivity index (χ4n) is 4.48. The van der Waals surface area contributed by atoms with Crippen LogP contribution in [0.15, 0.2) is 18.2 Å². The predicted octanol–water partition coefficient (Wildman–Crippen LogP) is 1.82. The van der Waals surface area contributed by atoms with Gasteiger partial charge < -0.3 is 20.9 Å². The number of fused-ring (bicyclic) bond motifs is 4.